The Morgan fingerprint density at radius 3 is 2.21 bits per heavy atom. The summed E-state index contributed by atoms with van der Waals surface area (Å²) in [6, 6.07) is -1.53. The summed E-state index contributed by atoms with van der Waals surface area (Å²) in [5, 5.41) is 11.3. The normalized spacial score (nSPS) is 16.9. The largest absolute Gasteiger partial charge is 0.480 e. The van der Waals surface area contributed by atoms with Crippen LogP contribution in [0.4, 0.5) is 0 Å². The summed E-state index contributed by atoms with van der Waals surface area (Å²) >= 11 is 0. The summed E-state index contributed by atoms with van der Waals surface area (Å²) < 4.78 is 0. The number of carbonyl (C=O) groups excluding carboxylic acids is 1. The highest BCUT2D eigenvalue weighted by atomic mass is 16.4. The number of aliphatic carboxylic acids is 1. The van der Waals surface area contributed by atoms with E-state index >= 15 is 0 Å². The van der Waals surface area contributed by atoms with E-state index in [0.29, 0.717) is 6.42 Å². The molecule has 0 saturated heterocycles. The van der Waals surface area contributed by atoms with E-state index in [1.807, 2.05) is 6.92 Å². The van der Waals surface area contributed by atoms with Gasteiger partial charge in [0.25, 0.3) is 0 Å². The fraction of sp³-hybridized carbons (Fsp3) is 0.778. The third kappa shape index (κ3) is 3.74. The summed E-state index contributed by atoms with van der Waals surface area (Å²) in [6.07, 6.45) is 0.691. The van der Waals surface area contributed by atoms with Crippen molar-refractivity contribution in [1.82, 2.24) is 5.32 Å². The minimum absolute atomic E-state index is 0.102. The standard InChI is InChI=1S/C9H18N2O3/c1-4-5(2)7(9(13)14)11-8(12)6(3)10/h5-7H,4,10H2,1-3H3,(H,11,12)(H,13,14)/t5-,6-,7+/m0/s1. The predicted octanol–water partition coefficient (Wildman–Crippen LogP) is -0.0509. The molecule has 0 radical (unpaired) electrons. The van der Waals surface area contributed by atoms with Crippen LogP contribution in [-0.4, -0.2) is 29.1 Å². The fourth-order valence-electron chi connectivity index (χ4n) is 0.968. The first-order chi connectivity index (χ1) is 6.40. The Morgan fingerprint density at radius 2 is 1.93 bits per heavy atom. The second kappa shape index (κ2) is 5.59. The minimum atomic E-state index is -1.02. The van der Waals surface area contributed by atoms with E-state index < -0.39 is 24.0 Å². The molecule has 0 spiro atoms. The van der Waals surface area contributed by atoms with Crippen LogP contribution in [0.25, 0.3) is 0 Å². The van der Waals surface area contributed by atoms with Crippen molar-refractivity contribution < 1.29 is 14.7 Å². The first-order valence-corrected chi connectivity index (χ1v) is 4.68. The van der Waals surface area contributed by atoms with E-state index in [9.17, 15) is 9.59 Å². The number of carboxylic acid groups (broad SMARTS) is 1. The van der Waals surface area contributed by atoms with Crippen molar-refractivity contribution in [3.63, 3.8) is 0 Å². The van der Waals surface area contributed by atoms with Gasteiger partial charge in [-0.15, -0.1) is 0 Å². The van der Waals surface area contributed by atoms with Crippen LogP contribution >= 0.6 is 0 Å². The zero-order chi connectivity index (χ0) is 11.3. The van der Waals surface area contributed by atoms with E-state index in [0.717, 1.165) is 0 Å². The van der Waals surface area contributed by atoms with Crippen molar-refractivity contribution in [3.05, 3.63) is 0 Å². The second-order valence-corrected chi connectivity index (χ2v) is 3.50. The Bertz CT molecular complexity index is 216. The summed E-state index contributed by atoms with van der Waals surface area (Å²) in [4.78, 5) is 22.0. The molecule has 1 amide bonds. The van der Waals surface area contributed by atoms with E-state index in [-0.39, 0.29) is 5.92 Å². The third-order valence-electron chi connectivity index (χ3n) is 2.19. The smallest absolute Gasteiger partial charge is 0.326 e. The van der Waals surface area contributed by atoms with Gasteiger partial charge in [-0.1, -0.05) is 20.3 Å². The Labute approximate surface area is 83.7 Å². The molecule has 82 valence electrons. The molecule has 5 nitrogen and oxygen atoms in total. The number of rotatable bonds is 5. The maximum absolute atomic E-state index is 11.2. The molecule has 0 fully saturated rings. The molecule has 0 aromatic carbocycles. The summed E-state index contributed by atoms with van der Waals surface area (Å²) in [6.45, 7) is 5.17. The monoisotopic (exact) mass is 202 g/mol. The molecular weight excluding hydrogens is 184 g/mol. The molecule has 3 atom stereocenters. The minimum Gasteiger partial charge on any atom is -0.480 e. The van der Waals surface area contributed by atoms with Crippen molar-refractivity contribution in [2.75, 3.05) is 0 Å². The maximum Gasteiger partial charge on any atom is 0.326 e. The van der Waals surface area contributed by atoms with Gasteiger partial charge >= 0.3 is 5.97 Å². The van der Waals surface area contributed by atoms with E-state index in [1.165, 1.54) is 6.92 Å². The van der Waals surface area contributed by atoms with Gasteiger partial charge in [0.2, 0.25) is 5.91 Å². The van der Waals surface area contributed by atoms with Crippen LogP contribution in [-0.2, 0) is 9.59 Å². The topological polar surface area (TPSA) is 92.4 Å². The number of nitrogens with one attached hydrogen (secondary N) is 1. The number of carbonyl (C=O) groups is 2. The lowest BCUT2D eigenvalue weighted by molar-refractivity contribution is -0.143. The molecule has 14 heavy (non-hydrogen) atoms. The van der Waals surface area contributed by atoms with Crippen LogP contribution in [0.2, 0.25) is 0 Å². The average Bonchev–Trinajstić information content (AvgIpc) is 2.11. The van der Waals surface area contributed by atoms with Crippen LogP contribution in [0.1, 0.15) is 27.2 Å². The van der Waals surface area contributed by atoms with E-state index in [1.54, 1.807) is 6.92 Å². The van der Waals surface area contributed by atoms with Crippen LogP contribution in [0.15, 0.2) is 0 Å². The quantitative estimate of drug-likeness (QED) is 0.582. The number of amides is 1. The molecule has 0 aromatic rings. The molecule has 0 bridgehead atoms. The molecule has 4 N–H and O–H groups in total. The molecule has 0 aliphatic rings. The Balaban J connectivity index is 4.38. The third-order valence-corrected chi connectivity index (χ3v) is 2.19. The lowest BCUT2D eigenvalue weighted by Gasteiger charge is -2.20. The van der Waals surface area contributed by atoms with Crippen molar-refractivity contribution in [3.8, 4) is 0 Å². The van der Waals surface area contributed by atoms with Crippen LogP contribution in [0.3, 0.4) is 0 Å². The fourth-order valence-corrected chi connectivity index (χ4v) is 0.968. The summed E-state index contributed by atoms with van der Waals surface area (Å²) in [7, 11) is 0. The molecule has 0 saturated carbocycles. The molecular formula is C9H18N2O3. The van der Waals surface area contributed by atoms with Crippen molar-refractivity contribution in [1.29, 1.82) is 0 Å². The second-order valence-electron chi connectivity index (χ2n) is 3.50. The van der Waals surface area contributed by atoms with E-state index in [4.69, 9.17) is 10.8 Å². The highest BCUT2D eigenvalue weighted by Crippen LogP contribution is 2.07. The zero-order valence-electron chi connectivity index (χ0n) is 8.78. The van der Waals surface area contributed by atoms with Gasteiger partial charge in [0.05, 0.1) is 6.04 Å². The molecule has 0 aliphatic carbocycles. The lowest BCUT2D eigenvalue weighted by atomic mass is 9.99. The van der Waals surface area contributed by atoms with Gasteiger partial charge in [0, 0.05) is 0 Å². The summed E-state index contributed by atoms with van der Waals surface area (Å²) in [5.74, 6) is -1.55. The van der Waals surface area contributed by atoms with E-state index in [2.05, 4.69) is 5.32 Å². The van der Waals surface area contributed by atoms with Crippen LogP contribution < -0.4 is 11.1 Å². The van der Waals surface area contributed by atoms with Gasteiger partial charge in [-0.25, -0.2) is 4.79 Å². The molecule has 5 heteroatoms. The lowest BCUT2D eigenvalue weighted by Crippen LogP contribution is -2.50. The maximum atomic E-state index is 11.2. The van der Waals surface area contributed by atoms with Gasteiger partial charge in [-0.3, -0.25) is 4.79 Å². The van der Waals surface area contributed by atoms with Gasteiger partial charge in [0.15, 0.2) is 0 Å². The highest BCUT2D eigenvalue weighted by molar-refractivity contribution is 5.86. The first kappa shape index (κ1) is 12.9. The molecule has 0 heterocycles. The molecule has 0 aromatic heterocycles. The molecule has 0 rings (SSSR count). The highest BCUT2D eigenvalue weighted by Gasteiger charge is 2.25. The summed E-state index contributed by atoms with van der Waals surface area (Å²) in [5.41, 5.74) is 5.32. The van der Waals surface area contributed by atoms with Gasteiger partial charge in [-0.2, -0.15) is 0 Å². The van der Waals surface area contributed by atoms with Crippen molar-refractivity contribution in [2.24, 2.45) is 11.7 Å². The average molecular weight is 202 g/mol. The Kier molecular flexibility index (Phi) is 5.15. The number of carboxylic acids is 1. The van der Waals surface area contributed by atoms with Crippen LogP contribution in [0, 0.1) is 5.92 Å². The molecule has 0 aliphatic heterocycles. The van der Waals surface area contributed by atoms with Crippen LogP contribution in [0.5, 0.6) is 0 Å². The first-order valence-electron chi connectivity index (χ1n) is 4.68. The number of hydrogen-bond donors (Lipinski definition) is 3. The number of hydrogen-bond acceptors (Lipinski definition) is 3. The Hall–Kier alpha value is -1.10. The van der Waals surface area contributed by atoms with Gasteiger partial charge < -0.3 is 16.2 Å². The predicted molar refractivity (Wildman–Crippen MR) is 52.7 cm³/mol. The van der Waals surface area contributed by atoms with Gasteiger partial charge in [-0.05, 0) is 12.8 Å². The van der Waals surface area contributed by atoms with Crippen molar-refractivity contribution in [2.45, 2.75) is 39.3 Å². The molecule has 0 unspecified atom stereocenters. The SMILES string of the molecule is CC[C@H](C)[C@@H](NC(=O)[C@H](C)N)C(=O)O. The Morgan fingerprint density at radius 1 is 1.43 bits per heavy atom. The zero-order valence-corrected chi connectivity index (χ0v) is 8.78. The van der Waals surface area contributed by atoms with Crippen molar-refractivity contribution >= 4 is 11.9 Å². The van der Waals surface area contributed by atoms with Gasteiger partial charge in [0.1, 0.15) is 6.04 Å². The number of nitrogens with two attached hydrogens (primary N) is 1.